The molecule has 2 heterocycles. The second-order valence-corrected chi connectivity index (χ2v) is 6.28. The van der Waals surface area contributed by atoms with E-state index in [4.69, 9.17) is 0 Å². The molecule has 3 N–H and O–H groups in total. The Kier molecular flexibility index (Phi) is 2.94. The average molecular weight is 288 g/mol. The van der Waals surface area contributed by atoms with Crippen LogP contribution in [0.2, 0.25) is 0 Å². The molecule has 1 aromatic heterocycles. The molecule has 104 valence electrons. The Labute approximate surface area is 121 Å². The minimum absolute atomic E-state index is 0.0912. The lowest BCUT2D eigenvalue weighted by molar-refractivity contribution is 0.0935. The summed E-state index contributed by atoms with van der Waals surface area (Å²) in [6, 6.07) is 5.53. The molecule has 1 amide bonds. The van der Waals surface area contributed by atoms with Crippen LogP contribution in [0.25, 0.3) is 0 Å². The fourth-order valence-corrected chi connectivity index (χ4v) is 3.53. The second kappa shape index (κ2) is 4.52. The number of fused-ring (bicyclic) bond motifs is 1. The molecule has 4 nitrogen and oxygen atoms in total. The van der Waals surface area contributed by atoms with Crippen LogP contribution in [0.5, 0.6) is 5.75 Å². The van der Waals surface area contributed by atoms with Crippen molar-refractivity contribution in [3.05, 3.63) is 45.3 Å². The SMILES string of the molecule is Cc1cccc([C@H]2NC(=O)c3c(sc(C)c3C)N2)c1O. The molecule has 20 heavy (non-hydrogen) atoms. The topological polar surface area (TPSA) is 61.4 Å². The summed E-state index contributed by atoms with van der Waals surface area (Å²) in [5.74, 6) is 0.130. The van der Waals surface area contributed by atoms with Crippen molar-refractivity contribution in [3.8, 4) is 5.75 Å². The van der Waals surface area contributed by atoms with E-state index >= 15 is 0 Å². The number of carbonyl (C=O) groups excluding carboxylic acids is 1. The lowest BCUT2D eigenvalue weighted by Gasteiger charge is -2.27. The molecule has 1 aromatic carbocycles. The first-order valence-corrected chi connectivity index (χ1v) is 7.26. The number of phenolic OH excluding ortho intramolecular Hbond substituents is 1. The van der Waals surface area contributed by atoms with Gasteiger partial charge in [-0.2, -0.15) is 0 Å². The van der Waals surface area contributed by atoms with Gasteiger partial charge in [-0.3, -0.25) is 4.79 Å². The van der Waals surface area contributed by atoms with E-state index < -0.39 is 6.17 Å². The predicted octanol–water partition coefficient (Wildman–Crippen LogP) is 3.23. The van der Waals surface area contributed by atoms with Gasteiger partial charge in [0.2, 0.25) is 0 Å². The largest absolute Gasteiger partial charge is 0.507 e. The van der Waals surface area contributed by atoms with Crippen molar-refractivity contribution in [1.82, 2.24) is 5.32 Å². The number of benzene rings is 1. The number of aryl methyl sites for hydroxylation is 2. The number of anilines is 1. The third kappa shape index (κ3) is 1.86. The molecule has 0 fully saturated rings. The van der Waals surface area contributed by atoms with Crippen molar-refractivity contribution in [2.24, 2.45) is 0 Å². The van der Waals surface area contributed by atoms with E-state index in [2.05, 4.69) is 10.6 Å². The number of hydrogen-bond acceptors (Lipinski definition) is 4. The smallest absolute Gasteiger partial charge is 0.256 e. The van der Waals surface area contributed by atoms with Crippen LogP contribution in [0.15, 0.2) is 18.2 Å². The van der Waals surface area contributed by atoms with Crippen LogP contribution in [0.3, 0.4) is 0 Å². The van der Waals surface area contributed by atoms with Crippen LogP contribution in [-0.4, -0.2) is 11.0 Å². The minimum atomic E-state index is -0.396. The summed E-state index contributed by atoms with van der Waals surface area (Å²) in [6.07, 6.45) is -0.396. The number of rotatable bonds is 1. The molecule has 1 aliphatic heterocycles. The molecular formula is C15H16N2O2S. The average Bonchev–Trinajstić information content (AvgIpc) is 2.68. The highest BCUT2D eigenvalue weighted by Crippen LogP contribution is 2.39. The first-order chi connectivity index (χ1) is 9.49. The molecule has 2 aromatic rings. The summed E-state index contributed by atoms with van der Waals surface area (Å²) in [5.41, 5.74) is 3.22. The molecule has 0 spiro atoms. The molecule has 0 unspecified atom stereocenters. The van der Waals surface area contributed by atoms with Crippen LogP contribution in [0.4, 0.5) is 5.00 Å². The van der Waals surface area contributed by atoms with E-state index in [0.717, 1.165) is 26.6 Å². The summed E-state index contributed by atoms with van der Waals surface area (Å²) in [6.45, 7) is 5.80. The second-order valence-electron chi connectivity index (χ2n) is 5.05. The number of thiophene rings is 1. The van der Waals surface area contributed by atoms with E-state index in [1.807, 2.05) is 39.0 Å². The van der Waals surface area contributed by atoms with E-state index in [-0.39, 0.29) is 11.7 Å². The number of para-hydroxylation sites is 1. The summed E-state index contributed by atoms with van der Waals surface area (Å²) >= 11 is 1.58. The van der Waals surface area contributed by atoms with Gasteiger partial charge in [0.15, 0.2) is 0 Å². The van der Waals surface area contributed by atoms with E-state index in [9.17, 15) is 9.90 Å². The molecule has 3 rings (SSSR count). The lowest BCUT2D eigenvalue weighted by Crippen LogP contribution is -2.38. The van der Waals surface area contributed by atoms with Gasteiger partial charge in [-0.15, -0.1) is 11.3 Å². The van der Waals surface area contributed by atoms with Gasteiger partial charge in [0.25, 0.3) is 5.91 Å². The van der Waals surface area contributed by atoms with Crippen LogP contribution < -0.4 is 10.6 Å². The fraction of sp³-hybridized carbons (Fsp3) is 0.267. The zero-order valence-electron chi connectivity index (χ0n) is 11.6. The van der Waals surface area contributed by atoms with Gasteiger partial charge in [0.1, 0.15) is 16.9 Å². The molecule has 0 radical (unpaired) electrons. The lowest BCUT2D eigenvalue weighted by atomic mass is 10.0. The monoisotopic (exact) mass is 288 g/mol. The number of amides is 1. The Balaban J connectivity index is 2.04. The highest BCUT2D eigenvalue weighted by molar-refractivity contribution is 7.16. The Morgan fingerprint density at radius 3 is 2.70 bits per heavy atom. The van der Waals surface area contributed by atoms with Crippen molar-refractivity contribution in [1.29, 1.82) is 0 Å². The number of carbonyl (C=O) groups is 1. The van der Waals surface area contributed by atoms with Gasteiger partial charge in [0.05, 0.1) is 5.56 Å². The van der Waals surface area contributed by atoms with E-state index in [1.54, 1.807) is 11.3 Å². The van der Waals surface area contributed by atoms with Crippen LogP contribution in [-0.2, 0) is 0 Å². The first-order valence-electron chi connectivity index (χ1n) is 6.45. The van der Waals surface area contributed by atoms with Gasteiger partial charge in [-0.25, -0.2) is 0 Å². The van der Waals surface area contributed by atoms with E-state index in [0.29, 0.717) is 5.56 Å². The zero-order chi connectivity index (χ0) is 14.4. The van der Waals surface area contributed by atoms with Crippen LogP contribution >= 0.6 is 11.3 Å². The van der Waals surface area contributed by atoms with E-state index in [1.165, 1.54) is 0 Å². The van der Waals surface area contributed by atoms with Crippen molar-refractivity contribution in [2.75, 3.05) is 5.32 Å². The van der Waals surface area contributed by atoms with Crippen molar-refractivity contribution in [3.63, 3.8) is 0 Å². The molecule has 0 aliphatic carbocycles. The zero-order valence-corrected chi connectivity index (χ0v) is 12.4. The number of hydrogen-bond donors (Lipinski definition) is 3. The highest BCUT2D eigenvalue weighted by atomic mass is 32.1. The third-order valence-electron chi connectivity index (χ3n) is 3.74. The van der Waals surface area contributed by atoms with Crippen LogP contribution in [0.1, 0.15) is 38.1 Å². The number of phenols is 1. The predicted molar refractivity (Wildman–Crippen MR) is 80.5 cm³/mol. The Morgan fingerprint density at radius 2 is 1.95 bits per heavy atom. The Bertz CT molecular complexity index is 706. The maximum atomic E-state index is 12.3. The summed E-state index contributed by atoms with van der Waals surface area (Å²) in [4.78, 5) is 13.4. The Morgan fingerprint density at radius 1 is 1.20 bits per heavy atom. The first kappa shape index (κ1) is 13.0. The van der Waals surface area contributed by atoms with Crippen molar-refractivity contribution < 1.29 is 9.90 Å². The molecule has 0 bridgehead atoms. The van der Waals surface area contributed by atoms with Gasteiger partial charge >= 0.3 is 0 Å². The normalized spacial score (nSPS) is 17.4. The Hall–Kier alpha value is -2.01. The molecule has 1 atom stereocenters. The summed E-state index contributed by atoms with van der Waals surface area (Å²) in [5, 5.41) is 17.2. The molecule has 0 saturated carbocycles. The summed E-state index contributed by atoms with van der Waals surface area (Å²) in [7, 11) is 0. The quantitative estimate of drug-likeness (QED) is 0.755. The van der Waals surface area contributed by atoms with Gasteiger partial charge in [-0.05, 0) is 31.9 Å². The number of nitrogens with one attached hydrogen (secondary N) is 2. The standard InChI is InChI=1S/C15H16N2O2S/c1-7-5-4-6-10(12(7)18)13-16-14(19)11-8(2)9(3)20-15(11)17-13/h4-6,13,17-18H,1-3H3,(H,16,19)/t13-/m0/s1. The maximum Gasteiger partial charge on any atom is 0.256 e. The van der Waals surface area contributed by atoms with Gasteiger partial charge in [0, 0.05) is 10.4 Å². The number of aromatic hydroxyl groups is 1. The maximum absolute atomic E-state index is 12.3. The molecule has 0 saturated heterocycles. The van der Waals surface area contributed by atoms with Crippen molar-refractivity contribution >= 4 is 22.2 Å². The summed E-state index contributed by atoms with van der Waals surface area (Å²) < 4.78 is 0. The van der Waals surface area contributed by atoms with Gasteiger partial charge < -0.3 is 15.7 Å². The molecule has 5 heteroatoms. The third-order valence-corrected chi connectivity index (χ3v) is 4.88. The van der Waals surface area contributed by atoms with Gasteiger partial charge in [-0.1, -0.05) is 18.2 Å². The molecule has 1 aliphatic rings. The highest BCUT2D eigenvalue weighted by Gasteiger charge is 2.30. The molecular weight excluding hydrogens is 272 g/mol. The van der Waals surface area contributed by atoms with Crippen molar-refractivity contribution in [2.45, 2.75) is 26.9 Å². The fourth-order valence-electron chi connectivity index (χ4n) is 2.44. The van der Waals surface area contributed by atoms with Crippen LogP contribution in [0, 0.1) is 20.8 Å². The minimum Gasteiger partial charge on any atom is -0.507 e.